The molecule has 1 aromatic carbocycles. The van der Waals surface area contributed by atoms with E-state index in [1.807, 2.05) is 30.3 Å². The summed E-state index contributed by atoms with van der Waals surface area (Å²) in [5, 5.41) is 17.8. The summed E-state index contributed by atoms with van der Waals surface area (Å²) in [7, 11) is 1.65. The number of hydrogen-bond acceptors (Lipinski definition) is 3. The number of benzene rings is 1. The summed E-state index contributed by atoms with van der Waals surface area (Å²) in [5.41, 5.74) is 1.39. The number of aromatic hydroxyl groups is 1. The normalized spacial score (nSPS) is 10.4. The molecule has 4 nitrogen and oxygen atoms in total. The highest BCUT2D eigenvalue weighted by Gasteiger charge is 2.16. The van der Waals surface area contributed by atoms with Crippen molar-refractivity contribution in [2.45, 2.75) is 13.3 Å². The maximum atomic E-state index is 12.2. The zero-order valence-electron chi connectivity index (χ0n) is 11.0. The predicted molar refractivity (Wildman–Crippen MR) is 75.9 cm³/mol. The zero-order chi connectivity index (χ0) is 14.0. The summed E-state index contributed by atoms with van der Waals surface area (Å²) in [4.78, 5) is 12.2. The van der Waals surface area contributed by atoms with Gasteiger partial charge in [-0.15, -0.1) is 0 Å². The van der Waals surface area contributed by atoms with Crippen LogP contribution in [0.2, 0.25) is 0 Å². The second-order valence-corrected chi connectivity index (χ2v) is 4.35. The molecule has 0 saturated heterocycles. The molecule has 1 aromatic heterocycles. The smallest absolute Gasteiger partial charge is 0.263 e. The second-order valence-electron chi connectivity index (χ2n) is 4.35. The first kappa shape index (κ1) is 13.1. The summed E-state index contributed by atoms with van der Waals surface area (Å²) < 4.78 is 1.47. The molecule has 0 spiro atoms. The highest BCUT2D eigenvalue weighted by molar-refractivity contribution is 6.00. The Morgan fingerprint density at radius 2 is 1.95 bits per heavy atom. The molecule has 0 aliphatic carbocycles. The van der Waals surface area contributed by atoms with Crippen LogP contribution in [0.3, 0.4) is 0 Å². The van der Waals surface area contributed by atoms with Crippen LogP contribution in [-0.4, -0.2) is 15.4 Å². The van der Waals surface area contributed by atoms with Crippen LogP contribution in [0.15, 0.2) is 41.2 Å². The zero-order valence-corrected chi connectivity index (χ0v) is 11.0. The molecule has 0 saturated carbocycles. The van der Waals surface area contributed by atoms with E-state index in [4.69, 9.17) is 5.41 Å². The van der Waals surface area contributed by atoms with Crippen molar-refractivity contribution < 1.29 is 5.11 Å². The van der Waals surface area contributed by atoms with Crippen molar-refractivity contribution in [3.8, 4) is 17.0 Å². The topological polar surface area (TPSA) is 66.1 Å². The Hall–Kier alpha value is -2.36. The summed E-state index contributed by atoms with van der Waals surface area (Å²) in [5.74, 6) is -0.131. The molecule has 0 bridgehead atoms. The Balaban J connectivity index is 2.69. The first-order chi connectivity index (χ1) is 9.06. The number of nitrogens with zero attached hydrogens (tertiary/aromatic N) is 1. The largest absolute Gasteiger partial charge is 0.507 e. The van der Waals surface area contributed by atoms with Gasteiger partial charge in [0.1, 0.15) is 11.3 Å². The molecule has 98 valence electrons. The van der Waals surface area contributed by atoms with E-state index in [1.54, 1.807) is 14.0 Å². The van der Waals surface area contributed by atoms with Crippen molar-refractivity contribution in [1.82, 2.24) is 4.57 Å². The number of nitrogens with one attached hydrogen (secondary N) is 1. The molecular formula is C15H16N2O2. The molecule has 0 radical (unpaired) electrons. The van der Waals surface area contributed by atoms with Gasteiger partial charge in [-0.25, -0.2) is 0 Å². The molecule has 2 N–H and O–H groups in total. The van der Waals surface area contributed by atoms with Gasteiger partial charge in [0.25, 0.3) is 5.56 Å². The molecule has 19 heavy (non-hydrogen) atoms. The fourth-order valence-corrected chi connectivity index (χ4v) is 2.03. The molecule has 0 fully saturated rings. The maximum absolute atomic E-state index is 12.2. The van der Waals surface area contributed by atoms with E-state index in [2.05, 4.69) is 0 Å². The van der Waals surface area contributed by atoms with E-state index in [1.165, 1.54) is 10.6 Å². The molecule has 0 aliphatic heterocycles. The van der Waals surface area contributed by atoms with Crippen LogP contribution in [0.25, 0.3) is 11.3 Å². The van der Waals surface area contributed by atoms with Crippen molar-refractivity contribution in [3.05, 3.63) is 52.3 Å². The van der Waals surface area contributed by atoms with Crippen LogP contribution in [0, 0.1) is 5.41 Å². The van der Waals surface area contributed by atoms with E-state index < -0.39 is 0 Å². The second kappa shape index (κ2) is 5.10. The van der Waals surface area contributed by atoms with Crippen molar-refractivity contribution in [2.24, 2.45) is 7.05 Å². The van der Waals surface area contributed by atoms with Gasteiger partial charge < -0.3 is 15.1 Å². The monoisotopic (exact) mass is 256 g/mol. The average molecular weight is 256 g/mol. The molecule has 4 heteroatoms. The van der Waals surface area contributed by atoms with Crippen LogP contribution in [0.4, 0.5) is 0 Å². The van der Waals surface area contributed by atoms with Crippen molar-refractivity contribution in [3.63, 3.8) is 0 Å². The molecule has 0 aliphatic rings. The Kier molecular flexibility index (Phi) is 3.51. The fraction of sp³-hybridized carbons (Fsp3) is 0.200. The molecule has 1 heterocycles. The third-order valence-corrected chi connectivity index (χ3v) is 3.13. The van der Waals surface area contributed by atoms with Crippen molar-refractivity contribution in [1.29, 1.82) is 5.41 Å². The lowest BCUT2D eigenvalue weighted by Gasteiger charge is -2.12. The van der Waals surface area contributed by atoms with Crippen LogP contribution >= 0.6 is 0 Å². The van der Waals surface area contributed by atoms with Crippen LogP contribution in [0.1, 0.15) is 18.9 Å². The maximum Gasteiger partial charge on any atom is 0.263 e. The molecule has 0 amide bonds. The number of aromatic nitrogens is 1. The fourth-order valence-electron chi connectivity index (χ4n) is 2.03. The third-order valence-electron chi connectivity index (χ3n) is 3.13. The van der Waals surface area contributed by atoms with Gasteiger partial charge in [0.2, 0.25) is 0 Å². The van der Waals surface area contributed by atoms with Gasteiger partial charge >= 0.3 is 0 Å². The lowest BCUT2D eigenvalue weighted by molar-refractivity contribution is 0.471. The Labute approximate surface area is 111 Å². The minimum absolute atomic E-state index is 0.0877. The van der Waals surface area contributed by atoms with Gasteiger partial charge in [-0.05, 0) is 12.0 Å². The minimum atomic E-state index is -0.342. The first-order valence-corrected chi connectivity index (χ1v) is 6.12. The highest BCUT2D eigenvalue weighted by atomic mass is 16.3. The molecule has 0 atom stereocenters. The Morgan fingerprint density at radius 3 is 2.53 bits per heavy atom. The van der Waals surface area contributed by atoms with E-state index in [-0.39, 0.29) is 22.6 Å². The van der Waals surface area contributed by atoms with Gasteiger partial charge in [0.15, 0.2) is 0 Å². The summed E-state index contributed by atoms with van der Waals surface area (Å²) in [6.45, 7) is 1.78. The van der Waals surface area contributed by atoms with Crippen molar-refractivity contribution in [2.75, 3.05) is 0 Å². The van der Waals surface area contributed by atoms with Crippen LogP contribution < -0.4 is 5.56 Å². The Morgan fingerprint density at radius 1 is 1.32 bits per heavy atom. The lowest BCUT2D eigenvalue weighted by Crippen LogP contribution is -2.25. The van der Waals surface area contributed by atoms with E-state index in [9.17, 15) is 9.90 Å². The van der Waals surface area contributed by atoms with E-state index in [0.29, 0.717) is 12.1 Å². The molecule has 2 aromatic rings. The lowest BCUT2D eigenvalue weighted by atomic mass is 10.1. The van der Waals surface area contributed by atoms with E-state index in [0.717, 1.165) is 5.56 Å². The standard InChI is InChI=1S/C15H16N2O2/c1-3-11(16)14-13(18)9-12(17(2)15(14)19)10-7-5-4-6-8-10/h4-9,16,18H,3H2,1-2H3. The highest BCUT2D eigenvalue weighted by Crippen LogP contribution is 2.24. The average Bonchev–Trinajstić information content (AvgIpc) is 2.43. The van der Waals surface area contributed by atoms with Gasteiger partial charge in [-0.1, -0.05) is 37.3 Å². The van der Waals surface area contributed by atoms with Gasteiger partial charge in [-0.3, -0.25) is 4.79 Å². The number of pyridine rings is 1. The van der Waals surface area contributed by atoms with Crippen LogP contribution in [0.5, 0.6) is 5.75 Å². The molecule has 0 unspecified atom stereocenters. The van der Waals surface area contributed by atoms with Gasteiger partial charge in [0, 0.05) is 18.8 Å². The quantitative estimate of drug-likeness (QED) is 0.829. The summed E-state index contributed by atoms with van der Waals surface area (Å²) in [6.07, 6.45) is 0.410. The Bertz CT molecular complexity index is 673. The summed E-state index contributed by atoms with van der Waals surface area (Å²) in [6, 6.07) is 10.9. The molecule has 2 rings (SSSR count). The van der Waals surface area contributed by atoms with Crippen molar-refractivity contribution >= 4 is 5.71 Å². The third kappa shape index (κ3) is 2.29. The molecular weight excluding hydrogens is 240 g/mol. The number of hydrogen-bond donors (Lipinski definition) is 2. The van der Waals surface area contributed by atoms with Crippen LogP contribution in [-0.2, 0) is 7.05 Å². The van der Waals surface area contributed by atoms with Gasteiger partial charge in [0.05, 0.1) is 5.69 Å². The SMILES string of the molecule is CCC(=N)c1c(O)cc(-c2ccccc2)n(C)c1=O. The minimum Gasteiger partial charge on any atom is -0.507 e. The summed E-state index contributed by atoms with van der Waals surface area (Å²) >= 11 is 0. The first-order valence-electron chi connectivity index (χ1n) is 6.12. The number of rotatable bonds is 3. The predicted octanol–water partition coefficient (Wildman–Crippen LogP) is 2.54. The van der Waals surface area contributed by atoms with E-state index >= 15 is 0 Å². The van der Waals surface area contributed by atoms with Gasteiger partial charge in [-0.2, -0.15) is 0 Å².